The fourth-order valence-corrected chi connectivity index (χ4v) is 2.35. The van der Waals surface area contributed by atoms with Gasteiger partial charge in [0.15, 0.2) is 17.3 Å². The van der Waals surface area contributed by atoms with Gasteiger partial charge >= 0.3 is 0 Å². The van der Waals surface area contributed by atoms with Crippen molar-refractivity contribution in [1.29, 1.82) is 0 Å². The van der Waals surface area contributed by atoms with Crippen LogP contribution in [0.3, 0.4) is 0 Å². The van der Waals surface area contributed by atoms with Crippen molar-refractivity contribution in [2.75, 3.05) is 7.11 Å². The largest absolute Gasteiger partial charge is 0.504 e. The summed E-state index contributed by atoms with van der Waals surface area (Å²) in [5.41, 5.74) is 1.40. The lowest BCUT2D eigenvalue weighted by Gasteiger charge is -2.26. The number of benzene rings is 2. The van der Waals surface area contributed by atoms with Crippen LogP contribution in [0.4, 0.5) is 0 Å². The van der Waals surface area contributed by atoms with Crippen molar-refractivity contribution in [3.05, 3.63) is 53.6 Å². The number of carbonyl (C=O) groups is 1. The summed E-state index contributed by atoms with van der Waals surface area (Å²) in [5, 5.41) is 9.79. The number of ketones is 1. The van der Waals surface area contributed by atoms with Crippen LogP contribution in [0.2, 0.25) is 0 Å². The van der Waals surface area contributed by atoms with Gasteiger partial charge in [-0.15, -0.1) is 0 Å². The molecule has 2 aromatic rings. The quantitative estimate of drug-likeness (QED) is 0.911. The summed E-state index contributed by atoms with van der Waals surface area (Å²) >= 11 is 0. The molecule has 1 atom stereocenters. The van der Waals surface area contributed by atoms with Crippen molar-refractivity contribution in [1.82, 2.24) is 0 Å². The number of fused-ring (bicyclic) bond motifs is 1. The van der Waals surface area contributed by atoms with Crippen molar-refractivity contribution < 1.29 is 19.4 Å². The fraction of sp³-hybridized carbons (Fsp3) is 0.188. The molecule has 3 rings (SSSR count). The van der Waals surface area contributed by atoms with E-state index in [-0.39, 0.29) is 29.8 Å². The molecule has 4 heteroatoms. The highest BCUT2D eigenvalue weighted by atomic mass is 16.5. The second-order valence-corrected chi connectivity index (χ2v) is 4.66. The van der Waals surface area contributed by atoms with Crippen molar-refractivity contribution in [2.24, 2.45) is 0 Å². The Kier molecular flexibility index (Phi) is 3.06. The average Bonchev–Trinajstić information content (AvgIpc) is 2.47. The van der Waals surface area contributed by atoms with E-state index in [2.05, 4.69) is 0 Å². The first-order valence-corrected chi connectivity index (χ1v) is 6.35. The predicted molar refractivity (Wildman–Crippen MR) is 73.4 cm³/mol. The predicted octanol–water partition coefficient (Wildman–Crippen LogP) is 3.11. The van der Waals surface area contributed by atoms with E-state index in [1.54, 1.807) is 0 Å². The molecule has 2 aromatic carbocycles. The number of rotatable bonds is 2. The number of phenols is 1. The minimum atomic E-state index is -0.316. The molecule has 0 aromatic heterocycles. The van der Waals surface area contributed by atoms with Gasteiger partial charge in [0.05, 0.1) is 19.1 Å². The number of Topliss-reactive ketones (excluding diaryl/α,β-unsaturated/α-hetero) is 1. The van der Waals surface area contributed by atoms with Gasteiger partial charge in [0, 0.05) is 6.07 Å². The molecule has 1 aliphatic heterocycles. The minimum Gasteiger partial charge on any atom is -0.504 e. The van der Waals surface area contributed by atoms with Gasteiger partial charge in [-0.05, 0) is 11.6 Å². The van der Waals surface area contributed by atoms with Gasteiger partial charge in [-0.25, -0.2) is 0 Å². The van der Waals surface area contributed by atoms with Crippen LogP contribution in [-0.2, 0) is 0 Å². The molecular weight excluding hydrogens is 256 g/mol. The van der Waals surface area contributed by atoms with Crippen LogP contribution >= 0.6 is 0 Å². The number of methoxy groups -OCH3 is 1. The van der Waals surface area contributed by atoms with Gasteiger partial charge in [-0.3, -0.25) is 4.79 Å². The van der Waals surface area contributed by atoms with E-state index in [4.69, 9.17) is 9.47 Å². The molecule has 102 valence electrons. The van der Waals surface area contributed by atoms with Gasteiger partial charge in [0.1, 0.15) is 11.9 Å². The third-order valence-corrected chi connectivity index (χ3v) is 3.39. The number of aromatic hydroxyl groups is 1. The van der Waals surface area contributed by atoms with Gasteiger partial charge in [-0.2, -0.15) is 0 Å². The van der Waals surface area contributed by atoms with Crippen LogP contribution in [0.25, 0.3) is 0 Å². The molecule has 0 amide bonds. The smallest absolute Gasteiger partial charge is 0.170 e. The van der Waals surface area contributed by atoms with Gasteiger partial charge in [0.25, 0.3) is 0 Å². The lowest BCUT2D eigenvalue weighted by atomic mass is 9.96. The van der Waals surface area contributed by atoms with Crippen LogP contribution in [-0.4, -0.2) is 18.0 Å². The van der Waals surface area contributed by atoms with Gasteiger partial charge in [0.2, 0.25) is 0 Å². The highest BCUT2D eigenvalue weighted by Gasteiger charge is 2.29. The molecule has 0 aliphatic carbocycles. The summed E-state index contributed by atoms with van der Waals surface area (Å²) in [6, 6.07) is 12.5. The standard InChI is InChI=1S/C16H14O4/c1-19-16-7-11-12(17)8-14(10-5-3-2-4-6-10)20-15(11)9-13(16)18/h2-7,9,14,18H,8H2,1H3/t14-/m1/s1. The Labute approximate surface area is 116 Å². The van der Waals surface area contributed by atoms with E-state index in [0.29, 0.717) is 11.3 Å². The minimum absolute atomic E-state index is 0.0154. The van der Waals surface area contributed by atoms with Crippen molar-refractivity contribution in [3.8, 4) is 17.2 Å². The molecule has 4 nitrogen and oxygen atoms in total. The fourth-order valence-electron chi connectivity index (χ4n) is 2.35. The topological polar surface area (TPSA) is 55.8 Å². The van der Waals surface area contributed by atoms with E-state index in [1.165, 1.54) is 19.2 Å². The maximum atomic E-state index is 12.2. The maximum absolute atomic E-state index is 12.2. The van der Waals surface area contributed by atoms with E-state index in [0.717, 1.165) is 5.56 Å². The summed E-state index contributed by atoms with van der Waals surface area (Å²) in [6.45, 7) is 0. The number of carbonyl (C=O) groups excluding carboxylic acids is 1. The van der Waals surface area contributed by atoms with E-state index < -0.39 is 0 Å². The molecule has 20 heavy (non-hydrogen) atoms. The molecule has 0 saturated heterocycles. The monoisotopic (exact) mass is 270 g/mol. The zero-order valence-corrected chi connectivity index (χ0v) is 11.0. The third-order valence-electron chi connectivity index (χ3n) is 3.39. The Hall–Kier alpha value is -2.49. The van der Waals surface area contributed by atoms with Crippen LogP contribution in [0.1, 0.15) is 28.4 Å². The summed E-state index contributed by atoms with van der Waals surface area (Å²) in [5.74, 6) is 0.624. The van der Waals surface area contributed by atoms with Crippen LogP contribution in [0, 0.1) is 0 Å². The lowest BCUT2D eigenvalue weighted by Crippen LogP contribution is -2.20. The van der Waals surface area contributed by atoms with Crippen LogP contribution in [0.15, 0.2) is 42.5 Å². The van der Waals surface area contributed by atoms with Crippen molar-refractivity contribution in [3.63, 3.8) is 0 Å². The zero-order valence-electron chi connectivity index (χ0n) is 11.0. The molecule has 1 N–H and O–H groups in total. The molecule has 0 fully saturated rings. The molecule has 0 bridgehead atoms. The second-order valence-electron chi connectivity index (χ2n) is 4.66. The Morgan fingerprint density at radius 1 is 1.25 bits per heavy atom. The molecule has 0 saturated carbocycles. The summed E-state index contributed by atoms with van der Waals surface area (Å²) in [6.07, 6.45) is -0.0331. The first-order valence-electron chi connectivity index (χ1n) is 6.35. The Balaban J connectivity index is 1.99. The first kappa shape index (κ1) is 12.5. The number of hydrogen-bond donors (Lipinski definition) is 1. The first-order chi connectivity index (χ1) is 9.69. The van der Waals surface area contributed by atoms with E-state index in [1.807, 2.05) is 30.3 Å². The summed E-state index contributed by atoms with van der Waals surface area (Å²) in [7, 11) is 1.45. The average molecular weight is 270 g/mol. The Morgan fingerprint density at radius 2 is 2.00 bits per heavy atom. The summed E-state index contributed by atoms with van der Waals surface area (Å²) < 4.78 is 10.8. The molecule has 0 spiro atoms. The zero-order chi connectivity index (χ0) is 14.1. The van der Waals surface area contributed by atoms with Crippen LogP contribution in [0.5, 0.6) is 17.2 Å². The molecule has 1 aliphatic rings. The molecule has 0 unspecified atom stereocenters. The van der Waals surface area contributed by atoms with Gasteiger partial charge in [-0.1, -0.05) is 30.3 Å². The highest BCUT2D eigenvalue weighted by molar-refractivity contribution is 6.00. The van der Waals surface area contributed by atoms with Crippen molar-refractivity contribution in [2.45, 2.75) is 12.5 Å². The maximum Gasteiger partial charge on any atom is 0.170 e. The SMILES string of the molecule is COc1cc2c(cc1O)O[C@@H](c1ccccc1)CC2=O. The number of hydrogen-bond acceptors (Lipinski definition) is 4. The Bertz CT molecular complexity index is 649. The van der Waals surface area contributed by atoms with E-state index in [9.17, 15) is 9.90 Å². The van der Waals surface area contributed by atoms with Gasteiger partial charge < -0.3 is 14.6 Å². The molecule has 1 heterocycles. The Morgan fingerprint density at radius 3 is 2.70 bits per heavy atom. The highest BCUT2D eigenvalue weighted by Crippen LogP contribution is 2.40. The van der Waals surface area contributed by atoms with Crippen molar-refractivity contribution >= 4 is 5.78 Å². The number of phenolic OH excluding ortho intramolecular Hbond substituents is 1. The normalized spacial score (nSPS) is 17.2. The molecule has 0 radical (unpaired) electrons. The van der Waals surface area contributed by atoms with Crippen LogP contribution < -0.4 is 9.47 Å². The number of ether oxygens (including phenoxy) is 2. The van der Waals surface area contributed by atoms with E-state index >= 15 is 0 Å². The lowest BCUT2D eigenvalue weighted by molar-refractivity contribution is 0.0848. The second kappa shape index (κ2) is 4.89. The third kappa shape index (κ3) is 2.09. The summed E-state index contributed by atoms with van der Waals surface area (Å²) in [4.78, 5) is 12.2. The molecular formula is C16H14O4.